The number of nitrogens with zero attached hydrogens (tertiary/aromatic N) is 1. The first-order valence-corrected chi connectivity index (χ1v) is 6.17. The van der Waals surface area contributed by atoms with Gasteiger partial charge in [-0.05, 0) is 23.1 Å². The Balaban J connectivity index is 2.98. The molecule has 0 spiro atoms. The van der Waals surface area contributed by atoms with Crippen LogP contribution >= 0.6 is 0 Å². The average molecular weight is 274 g/mol. The molecule has 0 aliphatic rings. The normalized spacial score (nSPS) is 14.3. The van der Waals surface area contributed by atoms with Crippen LogP contribution in [0.2, 0.25) is 0 Å². The number of benzene rings is 1. The predicted molar refractivity (Wildman–Crippen MR) is 72.4 cm³/mol. The molecule has 0 bridgehead atoms. The highest BCUT2D eigenvalue weighted by atomic mass is 19.4. The Morgan fingerprint density at radius 3 is 1.89 bits per heavy atom. The molecule has 0 aliphatic heterocycles. The van der Waals surface area contributed by atoms with Gasteiger partial charge in [0, 0.05) is 19.3 Å². The van der Waals surface area contributed by atoms with Crippen LogP contribution in [0.5, 0.6) is 0 Å². The molecular weight excluding hydrogens is 253 g/mol. The van der Waals surface area contributed by atoms with Crippen molar-refractivity contribution in [1.82, 2.24) is 0 Å². The number of rotatable bonds is 3. The molecule has 1 rings (SSSR count). The van der Waals surface area contributed by atoms with Gasteiger partial charge >= 0.3 is 6.18 Å². The molecule has 0 saturated heterocycles. The number of nitrogens with two attached hydrogens (primary N) is 1. The predicted octanol–water partition coefficient (Wildman–Crippen LogP) is 3.31. The Kier molecular flexibility index (Phi) is 4.50. The first kappa shape index (κ1) is 15.8. The van der Waals surface area contributed by atoms with Crippen molar-refractivity contribution in [2.24, 2.45) is 5.73 Å². The minimum Gasteiger partial charge on any atom is -0.362 e. The third kappa shape index (κ3) is 3.86. The lowest BCUT2D eigenvalue weighted by Gasteiger charge is -2.31. The lowest BCUT2D eigenvalue weighted by Crippen LogP contribution is -2.48. The lowest BCUT2D eigenvalue weighted by atomic mass is 9.87. The maximum Gasteiger partial charge on any atom is 0.409 e. The smallest absolute Gasteiger partial charge is 0.362 e. The molecule has 0 fully saturated rings. The van der Waals surface area contributed by atoms with E-state index in [1.165, 1.54) is 11.9 Å². The van der Waals surface area contributed by atoms with Gasteiger partial charge in [-0.3, -0.25) is 0 Å². The molecule has 108 valence electrons. The van der Waals surface area contributed by atoms with Gasteiger partial charge in [-0.2, -0.15) is 13.2 Å². The second-order valence-electron chi connectivity index (χ2n) is 5.70. The summed E-state index contributed by atoms with van der Waals surface area (Å²) >= 11 is 0. The Hall–Kier alpha value is -1.23. The van der Waals surface area contributed by atoms with E-state index in [9.17, 15) is 13.2 Å². The Morgan fingerprint density at radius 2 is 1.58 bits per heavy atom. The van der Waals surface area contributed by atoms with Crippen LogP contribution in [0.4, 0.5) is 18.9 Å². The topological polar surface area (TPSA) is 29.3 Å². The zero-order valence-corrected chi connectivity index (χ0v) is 11.8. The molecule has 1 aromatic carbocycles. The molecule has 0 aliphatic carbocycles. The van der Waals surface area contributed by atoms with Gasteiger partial charge in [-0.25, -0.2) is 0 Å². The largest absolute Gasteiger partial charge is 0.409 e. The molecule has 0 amide bonds. The van der Waals surface area contributed by atoms with Crippen LogP contribution in [0.25, 0.3) is 0 Å². The molecule has 1 atom stereocenters. The fourth-order valence-electron chi connectivity index (χ4n) is 1.89. The number of alkyl halides is 3. The summed E-state index contributed by atoms with van der Waals surface area (Å²) in [5.41, 5.74) is 6.81. The van der Waals surface area contributed by atoms with Crippen LogP contribution in [-0.2, 0) is 5.41 Å². The number of halogens is 3. The highest BCUT2D eigenvalue weighted by Gasteiger charge is 2.41. The molecule has 0 aromatic heterocycles. The van der Waals surface area contributed by atoms with Gasteiger partial charge in [0.25, 0.3) is 0 Å². The van der Waals surface area contributed by atoms with Gasteiger partial charge in [0.15, 0.2) is 0 Å². The van der Waals surface area contributed by atoms with Crippen molar-refractivity contribution in [2.75, 3.05) is 18.5 Å². The highest BCUT2D eigenvalue weighted by Crippen LogP contribution is 2.29. The Morgan fingerprint density at radius 1 is 1.11 bits per heavy atom. The van der Waals surface area contributed by atoms with Gasteiger partial charge < -0.3 is 10.6 Å². The molecule has 2 N–H and O–H groups in total. The molecule has 0 heterocycles. The van der Waals surface area contributed by atoms with Crippen molar-refractivity contribution >= 4 is 5.69 Å². The van der Waals surface area contributed by atoms with Crippen LogP contribution in [0.1, 0.15) is 26.3 Å². The number of hydrogen-bond acceptors (Lipinski definition) is 2. The summed E-state index contributed by atoms with van der Waals surface area (Å²) in [5, 5.41) is 0. The summed E-state index contributed by atoms with van der Waals surface area (Å²) in [6.07, 6.45) is -4.33. The fraction of sp³-hybridized carbons (Fsp3) is 0.571. The second-order valence-corrected chi connectivity index (χ2v) is 5.70. The third-order valence-electron chi connectivity index (χ3n) is 3.21. The van der Waals surface area contributed by atoms with E-state index < -0.39 is 18.8 Å². The van der Waals surface area contributed by atoms with Crippen molar-refractivity contribution in [1.29, 1.82) is 0 Å². The Bertz CT molecular complexity index is 404. The summed E-state index contributed by atoms with van der Waals surface area (Å²) in [4.78, 5) is 1.17. The van der Waals surface area contributed by atoms with E-state index in [2.05, 4.69) is 20.8 Å². The van der Waals surface area contributed by atoms with E-state index in [1.54, 1.807) is 12.1 Å². The van der Waals surface area contributed by atoms with Crippen molar-refractivity contribution < 1.29 is 13.2 Å². The zero-order chi connectivity index (χ0) is 14.8. The first-order chi connectivity index (χ1) is 8.57. The quantitative estimate of drug-likeness (QED) is 0.916. The summed E-state index contributed by atoms with van der Waals surface area (Å²) in [7, 11) is 1.41. The average Bonchev–Trinajstić information content (AvgIpc) is 2.27. The van der Waals surface area contributed by atoms with Gasteiger partial charge in [-0.1, -0.05) is 32.9 Å². The first-order valence-electron chi connectivity index (χ1n) is 6.17. The van der Waals surface area contributed by atoms with E-state index in [1.807, 2.05) is 12.1 Å². The standard InChI is InChI=1S/C14H21F3N2/c1-13(2,3)10-5-7-11(8-6-10)19(4)12(9-18)14(15,16)17/h5-8,12H,9,18H2,1-4H3. The fourth-order valence-corrected chi connectivity index (χ4v) is 1.89. The molecular formula is C14H21F3N2. The molecule has 2 nitrogen and oxygen atoms in total. The molecule has 0 radical (unpaired) electrons. The second kappa shape index (κ2) is 5.41. The summed E-state index contributed by atoms with van der Waals surface area (Å²) in [6.45, 7) is 5.72. The summed E-state index contributed by atoms with van der Waals surface area (Å²) in [5.74, 6) is 0. The molecule has 1 unspecified atom stereocenters. The minimum absolute atomic E-state index is 0.0194. The summed E-state index contributed by atoms with van der Waals surface area (Å²) in [6, 6.07) is 5.46. The molecule has 0 saturated carbocycles. The van der Waals surface area contributed by atoms with E-state index in [4.69, 9.17) is 5.73 Å². The van der Waals surface area contributed by atoms with Crippen LogP contribution in [-0.4, -0.2) is 25.8 Å². The number of hydrogen-bond donors (Lipinski definition) is 1. The minimum atomic E-state index is -4.33. The lowest BCUT2D eigenvalue weighted by molar-refractivity contribution is -0.145. The van der Waals surface area contributed by atoms with Gasteiger partial charge in [0.05, 0.1) is 0 Å². The molecule has 19 heavy (non-hydrogen) atoms. The van der Waals surface area contributed by atoms with Gasteiger partial charge in [0.1, 0.15) is 6.04 Å². The zero-order valence-electron chi connectivity index (χ0n) is 11.8. The van der Waals surface area contributed by atoms with Crippen LogP contribution < -0.4 is 10.6 Å². The third-order valence-corrected chi connectivity index (χ3v) is 3.21. The van der Waals surface area contributed by atoms with Gasteiger partial charge in [-0.15, -0.1) is 0 Å². The number of likely N-dealkylation sites (N-methyl/N-ethyl adjacent to an activating group) is 1. The van der Waals surface area contributed by atoms with Crippen LogP contribution in [0.15, 0.2) is 24.3 Å². The van der Waals surface area contributed by atoms with E-state index >= 15 is 0 Å². The molecule has 5 heteroatoms. The van der Waals surface area contributed by atoms with Gasteiger partial charge in [0.2, 0.25) is 0 Å². The van der Waals surface area contributed by atoms with E-state index in [-0.39, 0.29) is 5.41 Å². The summed E-state index contributed by atoms with van der Waals surface area (Å²) < 4.78 is 38.4. The van der Waals surface area contributed by atoms with E-state index in [0.29, 0.717) is 5.69 Å². The SMILES string of the molecule is CN(c1ccc(C(C)(C)C)cc1)C(CN)C(F)(F)F. The highest BCUT2D eigenvalue weighted by molar-refractivity contribution is 5.49. The van der Waals surface area contributed by atoms with Crippen LogP contribution in [0, 0.1) is 0 Å². The number of anilines is 1. The molecule has 1 aromatic rings. The Labute approximate surface area is 112 Å². The van der Waals surface area contributed by atoms with Crippen LogP contribution in [0.3, 0.4) is 0 Å². The monoisotopic (exact) mass is 274 g/mol. The maximum atomic E-state index is 12.8. The van der Waals surface area contributed by atoms with Crippen molar-refractivity contribution in [2.45, 2.75) is 38.4 Å². The van der Waals surface area contributed by atoms with E-state index in [0.717, 1.165) is 5.56 Å². The van der Waals surface area contributed by atoms with Crippen molar-refractivity contribution in [3.8, 4) is 0 Å². The van der Waals surface area contributed by atoms with Crippen molar-refractivity contribution in [3.05, 3.63) is 29.8 Å². The maximum absolute atomic E-state index is 12.8. The van der Waals surface area contributed by atoms with Crippen molar-refractivity contribution in [3.63, 3.8) is 0 Å².